The van der Waals surface area contributed by atoms with Crippen molar-refractivity contribution in [3.8, 4) is 0 Å². The van der Waals surface area contributed by atoms with Crippen LogP contribution in [0.5, 0.6) is 0 Å². The fourth-order valence-electron chi connectivity index (χ4n) is 3.43. The first-order valence-electron chi connectivity index (χ1n) is 9.52. The van der Waals surface area contributed by atoms with Crippen molar-refractivity contribution in [1.82, 2.24) is 16.0 Å². The molecule has 1 aromatic carbocycles. The first-order chi connectivity index (χ1) is 13.5. The van der Waals surface area contributed by atoms with E-state index in [9.17, 15) is 14.4 Å². The minimum Gasteiger partial charge on any atom is -0.356 e. The summed E-state index contributed by atoms with van der Waals surface area (Å²) in [5.74, 6) is 0.809. The van der Waals surface area contributed by atoms with Crippen LogP contribution in [0.1, 0.15) is 32.1 Å². The third-order valence-electron chi connectivity index (χ3n) is 4.88. The highest BCUT2D eigenvalue weighted by molar-refractivity contribution is 9.10. The normalized spacial score (nSPS) is 22.9. The molecule has 4 N–H and O–H groups in total. The van der Waals surface area contributed by atoms with Crippen molar-refractivity contribution in [2.24, 2.45) is 0 Å². The van der Waals surface area contributed by atoms with Crippen molar-refractivity contribution in [2.45, 2.75) is 49.4 Å². The van der Waals surface area contributed by atoms with Gasteiger partial charge in [0.15, 0.2) is 0 Å². The average molecular weight is 469 g/mol. The van der Waals surface area contributed by atoms with Gasteiger partial charge in [0.25, 0.3) is 0 Å². The molecule has 152 valence electrons. The summed E-state index contributed by atoms with van der Waals surface area (Å²) in [7, 11) is 0. The van der Waals surface area contributed by atoms with E-state index < -0.39 is 0 Å². The van der Waals surface area contributed by atoms with Crippen LogP contribution in [0.15, 0.2) is 28.7 Å². The number of amides is 4. The summed E-state index contributed by atoms with van der Waals surface area (Å²) < 4.78 is 0.953. The summed E-state index contributed by atoms with van der Waals surface area (Å²) in [6, 6.07) is 7.75. The van der Waals surface area contributed by atoms with E-state index in [1.807, 2.05) is 36.0 Å². The highest BCUT2D eigenvalue weighted by atomic mass is 79.9. The molecule has 0 spiro atoms. The summed E-state index contributed by atoms with van der Waals surface area (Å²) in [6.07, 6.45) is 3.47. The van der Waals surface area contributed by atoms with Gasteiger partial charge in [-0.25, -0.2) is 4.79 Å². The predicted octanol–water partition coefficient (Wildman–Crippen LogP) is 2.62. The number of carbonyl (C=O) groups excluding carboxylic acids is 3. The van der Waals surface area contributed by atoms with Gasteiger partial charge in [-0.3, -0.25) is 9.59 Å². The zero-order valence-corrected chi connectivity index (χ0v) is 17.9. The molecule has 2 aliphatic rings. The number of fused-ring (bicyclic) bond motifs is 1. The second kappa shape index (κ2) is 10.2. The third kappa shape index (κ3) is 6.13. The average Bonchev–Trinajstić information content (AvgIpc) is 3.20. The van der Waals surface area contributed by atoms with Gasteiger partial charge < -0.3 is 21.3 Å². The second-order valence-corrected chi connectivity index (χ2v) is 9.21. The van der Waals surface area contributed by atoms with Gasteiger partial charge in [-0.15, -0.1) is 0 Å². The highest BCUT2D eigenvalue weighted by Crippen LogP contribution is 2.33. The van der Waals surface area contributed by atoms with Crippen molar-refractivity contribution in [2.75, 3.05) is 17.6 Å². The Morgan fingerprint density at radius 3 is 2.68 bits per heavy atom. The van der Waals surface area contributed by atoms with Gasteiger partial charge in [-0.05, 0) is 37.1 Å². The fraction of sp³-hybridized carbons (Fsp3) is 0.526. The van der Waals surface area contributed by atoms with Crippen LogP contribution in [-0.2, 0) is 9.59 Å². The molecule has 1 aromatic rings. The Kier molecular flexibility index (Phi) is 7.61. The second-order valence-electron chi connectivity index (χ2n) is 7.02. The van der Waals surface area contributed by atoms with Gasteiger partial charge in [-0.2, -0.15) is 11.8 Å². The number of thioether (sulfide) groups is 1. The number of hydrogen-bond acceptors (Lipinski definition) is 4. The van der Waals surface area contributed by atoms with Crippen LogP contribution >= 0.6 is 27.7 Å². The van der Waals surface area contributed by atoms with Crippen molar-refractivity contribution in [3.05, 3.63) is 28.7 Å². The van der Waals surface area contributed by atoms with Gasteiger partial charge in [0.1, 0.15) is 0 Å². The molecule has 0 aliphatic carbocycles. The highest BCUT2D eigenvalue weighted by Gasteiger charge is 2.42. The molecule has 7 nitrogen and oxygen atoms in total. The predicted molar refractivity (Wildman–Crippen MR) is 114 cm³/mol. The summed E-state index contributed by atoms with van der Waals surface area (Å²) in [5, 5.41) is 11.9. The molecular weight excluding hydrogens is 444 g/mol. The minimum atomic E-state index is -0.123. The van der Waals surface area contributed by atoms with E-state index in [1.54, 1.807) is 0 Å². The Morgan fingerprint density at radius 1 is 1.11 bits per heavy atom. The lowest BCUT2D eigenvalue weighted by atomic mass is 10.0. The molecule has 4 amide bonds. The van der Waals surface area contributed by atoms with Crippen molar-refractivity contribution < 1.29 is 14.4 Å². The Balaban J connectivity index is 1.23. The summed E-state index contributed by atoms with van der Waals surface area (Å²) in [5.41, 5.74) is 0.736. The van der Waals surface area contributed by atoms with Crippen LogP contribution in [0.2, 0.25) is 0 Å². The fourth-order valence-corrected chi connectivity index (χ4v) is 5.24. The number of carbonyl (C=O) groups is 3. The maximum absolute atomic E-state index is 11.9. The molecule has 2 heterocycles. The van der Waals surface area contributed by atoms with Gasteiger partial charge >= 0.3 is 6.03 Å². The molecule has 28 heavy (non-hydrogen) atoms. The lowest BCUT2D eigenvalue weighted by Gasteiger charge is -2.16. The molecule has 3 rings (SSSR count). The molecule has 0 aromatic heterocycles. The number of urea groups is 1. The van der Waals surface area contributed by atoms with Gasteiger partial charge in [0.2, 0.25) is 11.8 Å². The summed E-state index contributed by atoms with van der Waals surface area (Å²) in [4.78, 5) is 35.2. The molecule has 2 aliphatic heterocycles. The van der Waals surface area contributed by atoms with E-state index >= 15 is 0 Å². The Bertz CT molecular complexity index is 716. The standard InChI is InChI=1S/C19H25BrN4O3S/c20-12-5-7-13(8-6-12)22-17(26)9-10-21-16(25)4-2-1-3-15-18-14(11-28-15)23-19(27)24-18/h5-8,14-15,18H,1-4,9-11H2,(H,21,25)(H,22,26)(H2,23,24,27)/t14-,15-,18-/m0/s1. The summed E-state index contributed by atoms with van der Waals surface area (Å²) >= 11 is 5.24. The van der Waals surface area contributed by atoms with E-state index in [0.29, 0.717) is 18.2 Å². The zero-order valence-electron chi connectivity index (χ0n) is 15.5. The topological polar surface area (TPSA) is 99.3 Å². The van der Waals surface area contributed by atoms with Crippen molar-refractivity contribution in [1.29, 1.82) is 0 Å². The zero-order chi connectivity index (χ0) is 19.9. The molecule has 0 saturated carbocycles. The van der Waals surface area contributed by atoms with E-state index in [0.717, 1.165) is 35.2 Å². The molecule has 2 fully saturated rings. The Morgan fingerprint density at radius 2 is 1.89 bits per heavy atom. The first-order valence-corrected chi connectivity index (χ1v) is 11.4. The maximum Gasteiger partial charge on any atom is 0.315 e. The Hall–Kier alpha value is -1.74. The number of nitrogens with one attached hydrogen (secondary N) is 4. The number of unbranched alkanes of at least 4 members (excludes halogenated alkanes) is 1. The molecular formula is C19H25BrN4O3S. The monoisotopic (exact) mass is 468 g/mol. The molecule has 0 radical (unpaired) electrons. The van der Waals surface area contributed by atoms with E-state index in [-0.39, 0.29) is 36.3 Å². The third-order valence-corrected chi connectivity index (χ3v) is 6.92. The molecule has 3 atom stereocenters. The van der Waals surface area contributed by atoms with Gasteiger partial charge in [0, 0.05) is 40.5 Å². The van der Waals surface area contributed by atoms with E-state index in [2.05, 4.69) is 37.2 Å². The van der Waals surface area contributed by atoms with Crippen molar-refractivity contribution in [3.63, 3.8) is 0 Å². The number of hydrogen-bond donors (Lipinski definition) is 4. The van der Waals surface area contributed by atoms with Crippen LogP contribution in [0.3, 0.4) is 0 Å². The smallest absolute Gasteiger partial charge is 0.315 e. The largest absolute Gasteiger partial charge is 0.356 e. The van der Waals surface area contributed by atoms with Crippen LogP contribution in [-0.4, -0.2) is 47.5 Å². The van der Waals surface area contributed by atoms with E-state index in [4.69, 9.17) is 0 Å². The van der Waals surface area contributed by atoms with Crippen LogP contribution in [0.4, 0.5) is 10.5 Å². The number of halogens is 1. The number of rotatable bonds is 9. The SMILES string of the molecule is O=C(CCCC[C@@H]1SC[C@@H]2NC(=O)N[C@@H]21)NCCC(=O)Nc1ccc(Br)cc1. The maximum atomic E-state index is 11.9. The van der Waals surface area contributed by atoms with Crippen LogP contribution in [0.25, 0.3) is 0 Å². The van der Waals surface area contributed by atoms with Gasteiger partial charge in [0.05, 0.1) is 12.1 Å². The lowest BCUT2D eigenvalue weighted by Crippen LogP contribution is -2.36. The van der Waals surface area contributed by atoms with E-state index in [1.165, 1.54) is 0 Å². The lowest BCUT2D eigenvalue weighted by molar-refractivity contribution is -0.121. The molecule has 0 bridgehead atoms. The molecule has 2 saturated heterocycles. The summed E-state index contributed by atoms with van der Waals surface area (Å²) in [6.45, 7) is 0.334. The quantitative estimate of drug-likeness (QED) is 0.330. The van der Waals surface area contributed by atoms with Crippen LogP contribution in [0, 0.1) is 0 Å². The first kappa shape index (κ1) is 21.0. The van der Waals surface area contributed by atoms with Crippen LogP contribution < -0.4 is 21.3 Å². The number of benzene rings is 1. The molecule has 0 unspecified atom stereocenters. The Labute approximate surface area is 177 Å². The number of anilines is 1. The van der Waals surface area contributed by atoms with Crippen molar-refractivity contribution >= 4 is 51.2 Å². The molecule has 9 heteroatoms. The van der Waals surface area contributed by atoms with Gasteiger partial charge in [-0.1, -0.05) is 22.4 Å². The minimum absolute atomic E-state index is 0.0239.